The lowest BCUT2D eigenvalue weighted by atomic mass is 9.78. The van der Waals surface area contributed by atoms with Crippen molar-refractivity contribution in [1.29, 1.82) is 0 Å². The fourth-order valence-corrected chi connectivity index (χ4v) is 5.76. The van der Waals surface area contributed by atoms with Crippen molar-refractivity contribution in [3.05, 3.63) is 107 Å². The van der Waals surface area contributed by atoms with Crippen molar-refractivity contribution < 1.29 is 9.59 Å². The smallest absolute Gasteiger partial charge is 0.277 e. The number of hydrogen-bond donors (Lipinski definition) is 2. The Morgan fingerprint density at radius 3 is 2.84 bits per heavy atom. The number of nitrogens with one attached hydrogen (secondary N) is 2. The summed E-state index contributed by atoms with van der Waals surface area (Å²) in [6.45, 7) is 4.54. The molecule has 0 saturated heterocycles. The molecule has 1 spiro atoms. The predicted molar refractivity (Wildman–Crippen MR) is 146 cm³/mol. The van der Waals surface area contributed by atoms with Gasteiger partial charge in [-0.2, -0.15) is 0 Å². The largest absolute Gasteiger partial charge is 0.340 e. The molecule has 2 amide bonds. The maximum absolute atomic E-state index is 13.2. The zero-order valence-corrected chi connectivity index (χ0v) is 21.4. The Bertz CT molecular complexity index is 1560. The molecule has 3 aromatic rings. The van der Waals surface area contributed by atoms with Gasteiger partial charge in [-0.25, -0.2) is 9.97 Å². The van der Waals surface area contributed by atoms with Gasteiger partial charge in [-0.1, -0.05) is 30.4 Å². The van der Waals surface area contributed by atoms with Gasteiger partial charge in [0.2, 0.25) is 5.91 Å². The van der Waals surface area contributed by atoms with Gasteiger partial charge in [-0.15, -0.1) is 0 Å². The van der Waals surface area contributed by atoms with Crippen molar-refractivity contribution in [3.8, 4) is 0 Å². The Balaban J connectivity index is 1.22. The van der Waals surface area contributed by atoms with Crippen LogP contribution in [0.5, 0.6) is 0 Å². The SMILES string of the molecule is CC=C/C=C\C1=C(C)NC(=O)C12Cc1ccc(Nc3cc(C(=O)N4CCc5cnccc54)ncn3)cc1C2. The van der Waals surface area contributed by atoms with Crippen LogP contribution < -0.4 is 15.5 Å². The number of fused-ring (bicyclic) bond motifs is 2. The van der Waals surface area contributed by atoms with Crippen molar-refractivity contribution in [1.82, 2.24) is 20.3 Å². The molecule has 0 fully saturated rings. The van der Waals surface area contributed by atoms with Gasteiger partial charge in [0.25, 0.3) is 5.91 Å². The molecule has 6 rings (SSSR count). The van der Waals surface area contributed by atoms with E-state index in [1.807, 2.05) is 50.3 Å². The van der Waals surface area contributed by atoms with Crippen LogP contribution in [0, 0.1) is 5.41 Å². The van der Waals surface area contributed by atoms with Gasteiger partial charge in [0.15, 0.2) is 0 Å². The number of benzene rings is 1. The second-order valence-electron chi connectivity index (χ2n) is 9.92. The zero-order chi connectivity index (χ0) is 26.3. The third kappa shape index (κ3) is 3.98. The van der Waals surface area contributed by atoms with E-state index < -0.39 is 5.41 Å². The van der Waals surface area contributed by atoms with E-state index in [0.717, 1.165) is 45.8 Å². The number of carbonyl (C=O) groups is 2. The molecule has 190 valence electrons. The van der Waals surface area contributed by atoms with E-state index in [1.165, 1.54) is 6.33 Å². The van der Waals surface area contributed by atoms with Gasteiger partial charge in [0.1, 0.15) is 17.8 Å². The van der Waals surface area contributed by atoms with Crippen LogP contribution in [0.3, 0.4) is 0 Å². The van der Waals surface area contributed by atoms with E-state index in [2.05, 4.69) is 37.7 Å². The van der Waals surface area contributed by atoms with Crippen LogP contribution in [0.1, 0.15) is 41.0 Å². The van der Waals surface area contributed by atoms with E-state index >= 15 is 0 Å². The van der Waals surface area contributed by atoms with Crippen LogP contribution >= 0.6 is 0 Å². The summed E-state index contributed by atoms with van der Waals surface area (Å²) in [5, 5.41) is 6.38. The number of nitrogens with zero attached hydrogens (tertiary/aromatic N) is 4. The van der Waals surface area contributed by atoms with Gasteiger partial charge in [0, 0.05) is 36.4 Å². The van der Waals surface area contributed by atoms with Crippen LogP contribution in [0.2, 0.25) is 0 Å². The average Bonchev–Trinajstić information content (AvgIpc) is 3.58. The molecule has 0 radical (unpaired) electrons. The maximum atomic E-state index is 13.2. The molecule has 38 heavy (non-hydrogen) atoms. The minimum atomic E-state index is -0.584. The van der Waals surface area contributed by atoms with E-state index in [4.69, 9.17) is 0 Å². The number of pyridine rings is 1. The second-order valence-corrected chi connectivity index (χ2v) is 9.92. The number of carbonyl (C=O) groups excluding carboxylic acids is 2. The average molecular weight is 505 g/mol. The van der Waals surface area contributed by atoms with Crippen LogP contribution in [-0.4, -0.2) is 33.3 Å². The predicted octanol–water partition coefficient (Wildman–Crippen LogP) is 4.44. The van der Waals surface area contributed by atoms with E-state index in [0.29, 0.717) is 30.9 Å². The van der Waals surface area contributed by atoms with Crippen molar-refractivity contribution >= 4 is 29.0 Å². The molecule has 2 aromatic heterocycles. The highest BCUT2D eigenvalue weighted by molar-refractivity contribution is 6.06. The summed E-state index contributed by atoms with van der Waals surface area (Å²) in [5.41, 5.74) is 6.79. The molecular weight excluding hydrogens is 476 g/mol. The molecule has 1 aliphatic carbocycles. The minimum Gasteiger partial charge on any atom is -0.340 e. The number of anilines is 3. The first kappa shape index (κ1) is 23.8. The first-order valence-corrected chi connectivity index (χ1v) is 12.8. The van der Waals surface area contributed by atoms with Gasteiger partial charge in [-0.05, 0) is 73.6 Å². The number of allylic oxidation sites excluding steroid dienone is 5. The maximum Gasteiger partial charge on any atom is 0.277 e. The van der Waals surface area contributed by atoms with Gasteiger partial charge < -0.3 is 15.5 Å². The molecular formula is C30H28N6O2. The van der Waals surface area contributed by atoms with E-state index in [-0.39, 0.29) is 11.8 Å². The van der Waals surface area contributed by atoms with Gasteiger partial charge in [-0.3, -0.25) is 14.6 Å². The monoisotopic (exact) mass is 504 g/mol. The lowest BCUT2D eigenvalue weighted by Gasteiger charge is -2.22. The Morgan fingerprint density at radius 2 is 1.97 bits per heavy atom. The summed E-state index contributed by atoms with van der Waals surface area (Å²) >= 11 is 0. The summed E-state index contributed by atoms with van der Waals surface area (Å²) in [6, 6.07) is 9.68. The fraction of sp³-hybridized carbons (Fsp3) is 0.233. The minimum absolute atomic E-state index is 0.0547. The van der Waals surface area contributed by atoms with Crippen LogP contribution in [0.4, 0.5) is 17.2 Å². The number of amides is 2. The molecule has 8 heteroatoms. The lowest BCUT2D eigenvalue weighted by Crippen LogP contribution is -2.34. The second kappa shape index (κ2) is 9.37. The molecule has 3 aliphatic rings. The highest BCUT2D eigenvalue weighted by Gasteiger charge is 2.50. The summed E-state index contributed by atoms with van der Waals surface area (Å²) in [6.07, 6.45) is 15.0. The Kier molecular flexibility index (Phi) is 5.87. The molecule has 1 aromatic carbocycles. The van der Waals surface area contributed by atoms with Crippen molar-refractivity contribution in [2.75, 3.05) is 16.8 Å². The summed E-state index contributed by atoms with van der Waals surface area (Å²) in [7, 11) is 0. The number of aromatic nitrogens is 3. The third-order valence-corrected chi connectivity index (χ3v) is 7.59. The molecule has 8 nitrogen and oxygen atoms in total. The normalized spacial score (nSPS) is 20.1. The van der Waals surface area contributed by atoms with Gasteiger partial charge in [0.05, 0.1) is 11.1 Å². The van der Waals surface area contributed by atoms with Crippen LogP contribution in [-0.2, 0) is 24.1 Å². The lowest BCUT2D eigenvalue weighted by molar-refractivity contribution is -0.126. The molecule has 2 aliphatic heterocycles. The number of hydrogen-bond acceptors (Lipinski definition) is 6. The Hall–Kier alpha value is -4.59. The molecule has 4 heterocycles. The summed E-state index contributed by atoms with van der Waals surface area (Å²) in [4.78, 5) is 40.8. The number of rotatable bonds is 5. The quantitative estimate of drug-likeness (QED) is 0.499. The summed E-state index contributed by atoms with van der Waals surface area (Å²) in [5.74, 6) is 0.428. The topological polar surface area (TPSA) is 100 Å². The molecule has 0 saturated carbocycles. The summed E-state index contributed by atoms with van der Waals surface area (Å²) < 4.78 is 0. The fourth-order valence-electron chi connectivity index (χ4n) is 5.76. The van der Waals surface area contributed by atoms with Crippen LogP contribution in [0.15, 0.2) is 84.6 Å². The van der Waals surface area contributed by atoms with Crippen molar-refractivity contribution in [2.24, 2.45) is 5.41 Å². The Morgan fingerprint density at radius 1 is 1.11 bits per heavy atom. The highest BCUT2D eigenvalue weighted by Crippen LogP contribution is 2.48. The van der Waals surface area contributed by atoms with Crippen molar-refractivity contribution in [3.63, 3.8) is 0 Å². The Labute approximate surface area is 221 Å². The molecule has 1 unspecified atom stereocenters. The molecule has 1 atom stereocenters. The van der Waals surface area contributed by atoms with Gasteiger partial charge >= 0.3 is 0 Å². The first-order valence-electron chi connectivity index (χ1n) is 12.8. The zero-order valence-electron chi connectivity index (χ0n) is 21.4. The third-order valence-electron chi connectivity index (χ3n) is 7.59. The van der Waals surface area contributed by atoms with E-state index in [9.17, 15) is 9.59 Å². The standard InChI is InChI=1S/C30H28N6O2/c1-3-4-5-6-24-19(2)34-29(38)30(24)15-20-7-8-23(13-22(20)16-30)35-27-14-25(32-18-33-27)28(37)36-12-10-21-17-31-11-9-26(21)36/h3-9,11,13-14,17-18H,10,12,15-16H2,1-2H3,(H,34,38)(H,32,33,35)/b4-3?,6-5-. The highest BCUT2D eigenvalue weighted by atomic mass is 16.2. The van der Waals surface area contributed by atoms with E-state index in [1.54, 1.807) is 23.4 Å². The van der Waals surface area contributed by atoms with Crippen molar-refractivity contribution in [2.45, 2.75) is 33.1 Å². The molecule has 0 bridgehead atoms. The van der Waals surface area contributed by atoms with Crippen LogP contribution in [0.25, 0.3) is 0 Å². The first-order chi connectivity index (χ1) is 18.5. The molecule has 2 N–H and O–H groups in total.